The number of nitrogens with two attached hydrogens (primary N) is 1. The van der Waals surface area contributed by atoms with Crippen molar-refractivity contribution in [1.82, 2.24) is 0 Å². The molecule has 2 nitrogen and oxygen atoms in total. The smallest absolute Gasteiger partial charge is 0.416 e. The average Bonchev–Trinajstić information content (AvgIpc) is 2.45. The van der Waals surface area contributed by atoms with Crippen molar-refractivity contribution in [2.75, 3.05) is 5.73 Å². The minimum atomic E-state index is -4.32. The van der Waals surface area contributed by atoms with Crippen LogP contribution in [-0.2, 0) is 19.2 Å². The molecule has 0 aliphatic heterocycles. The molecule has 2 rings (SSSR count). The number of ether oxygens (including phenoxy) is 1. The molecular weight excluding hydrogens is 279 g/mol. The minimum Gasteiger partial charge on any atom is -0.487 e. The number of aryl methyl sites for hydroxylation is 1. The van der Waals surface area contributed by atoms with Crippen LogP contribution in [0, 0.1) is 0 Å². The molecule has 0 aromatic heterocycles. The van der Waals surface area contributed by atoms with Crippen molar-refractivity contribution in [2.24, 2.45) is 0 Å². The van der Waals surface area contributed by atoms with Crippen LogP contribution in [0.1, 0.15) is 23.6 Å². The van der Waals surface area contributed by atoms with Gasteiger partial charge in [0.1, 0.15) is 12.4 Å². The Kier molecular flexibility index (Phi) is 4.40. The summed E-state index contributed by atoms with van der Waals surface area (Å²) in [7, 11) is 0. The molecule has 0 heterocycles. The first kappa shape index (κ1) is 15.2. The summed E-state index contributed by atoms with van der Waals surface area (Å²) in [5.74, 6) is 0.534. The van der Waals surface area contributed by atoms with Crippen LogP contribution in [0.25, 0.3) is 0 Å². The summed E-state index contributed by atoms with van der Waals surface area (Å²) >= 11 is 0. The lowest BCUT2D eigenvalue weighted by Gasteiger charge is -2.11. The van der Waals surface area contributed by atoms with E-state index in [1.165, 1.54) is 12.1 Å². The van der Waals surface area contributed by atoms with Gasteiger partial charge in [-0.1, -0.05) is 25.1 Å². The van der Waals surface area contributed by atoms with E-state index in [0.717, 1.165) is 24.1 Å². The van der Waals surface area contributed by atoms with Crippen LogP contribution < -0.4 is 10.5 Å². The highest BCUT2D eigenvalue weighted by molar-refractivity contribution is 5.54. The molecule has 2 aromatic carbocycles. The van der Waals surface area contributed by atoms with E-state index in [0.29, 0.717) is 17.0 Å². The Labute approximate surface area is 121 Å². The van der Waals surface area contributed by atoms with Crippen molar-refractivity contribution in [3.8, 4) is 5.75 Å². The Morgan fingerprint density at radius 1 is 1.00 bits per heavy atom. The van der Waals surface area contributed by atoms with Crippen LogP contribution >= 0.6 is 0 Å². The molecule has 0 aliphatic rings. The molecule has 5 heteroatoms. The lowest BCUT2D eigenvalue weighted by atomic mass is 10.1. The third-order valence-corrected chi connectivity index (χ3v) is 3.16. The zero-order chi connectivity index (χ0) is 15.5. The van der Waals surface area contributed by atoms with Crippen molar-refractivity contribution in [1.29, 1.82) is 0 Å². The lowest BCUT2D eigenvalue weighted by Crippen LogP contribution is -2.05. The van der Waals surface area contributed by atoms with Gasteiger partial charge in [0.15, 0.2) is 0 Å². The van der Waals surface area contributed by atoms with Gasteiger partial charge in [0.05, 0.1) is 11.3 Å². The molecule has 0 fully saturated rings. The summed E-state index contributed by atoms with van der Waals surface area (Å²) in [4.78, 5) is 0. The molecule has 21 heavy (non-hydrogen) atoms. The number of anilines is 1. The molecule has 112 valence electrons. The monoisotopic (exact) mass is 295 g/mol. The molecule has 0 amide bonds. The van der Waals surface area contributed by atoms with Crippen LogP contribution in [-0.4, -0.2) is 0 Å². The maximum absolute atomic E-state index is 12.4. The Balaban J connectivity index is 2.03. The fraction of sp³-hybridized carbons (Fsp3) is 0.250. The van der Waals surface area contributed by atoms with E-state index < -0.39 is 11.7 Å². The van der Waals surface area contributed by atoms with Gasteiger partial charge in [-0.05, 0) is 41.8 Å². The van der Waals surface area contributed by atoms with Crippen molar-refractivity contribution in [3.63, 3.8) is 0 Å². The summed E-state index contributed by atoms with van der Waals surface area (Å²) in [5.41, 5.74) is 7.49. The highest BCUT2D eigenvalue weighted by Crippen LogP contribution is 2.29. The Morgan fingerprint density at radius 3 is 2.14 bits per heavy atom. The van der Waals surface area contributed by atoms with E-state index in [1.54, 1.807) is 6.07 Å². The second-order valence-corrected chi connectivity index (χ2v) is 4.71. The van der Waals surface area contributed by atoms with E-state index in [-0.39, 0.29) is 6.61 Å². The van der Waals surface area contributed by atoms with Crippen molar-refractivity contribution in [3.05, 3.63) is 59.2 Å². The van der Waals surface area contributed by atoms with E-state index in [4.69, 9.17) is 10.5 Å². The molecule has 2 N–H and O–H groups in total. The molecular formula is C16H16F3NO. The minimum absolute atomic E-state index is 0.174. The second kappa shape index (κ2) is 6.08. The van der Waals surface area contributed by atoms with E-state index in [2.05, 4.69) is 0 Å². The predicted octanol–water partition coefficient (Wildman–Crippen LogP) is 4.43. The van der Waals surface area contributed by atoms with Gasteiger partial charge in [-0.2, -0.15) is 13.2 Å². The highest BCUT2D eigenvalue weighted by atomic mass is 19.4. The van der Waals surface area contributed by atoms with Gasteiger partial charge in [-0.15, -0.1) is 0 Å². The number of nitrogen functional groups attached to an aromatic ring is 1. The molecule has 0 saturated carbocycles. The fourth-order valence-corrected chi connectivity index (χ4v) is 1.90. The lowest BCUT2D eigenvalue weighted by molar-refractivity contribution is -0.137. The van der Waals surface area contributed by atoms with Crippen LogP contribution in [0.4, 0.5) is 18.9 Å². The first-order valence-corrected chi connectivity index (χ1v) is 6.57. The van der Waals surface area contributed by atoms with Crippen molar-refractivity contribution in [2.45, 2.75) is 26.1 Å². The van der Waals surface area contributed by atoms with Crippen LogP contribution in [0.5, 0.6) is 5.75 Å². The number of halogens is 3. The standard InChI is InChI=1S/C16H16F3NO/c1-2-11-5-8-15(14(20)9-11)21-10-12-3-6-13(7-4-12)16(17,18)19/h3-9H,2,10,20H2,1H3. The SMILES string of the molecule is CCc1ccc(OCc2ccc(C(F)(F)F)cc2)c(N)c1. The van der Waals surface area contributed by atoms with Crippen LogP contribution in [0.2, 0.25) is 0 Å². The molecule has 0 radical (unpaired) electrons. The molecule has 0 saturated heterocycles. The quantitative estimate of drug-likeness (QED) is 0.847. The number of rotatable bonds is 4. The largest absolute Gasteiger partial charge is 0.487 e. The average molecular weight is 295 g/mol. The first-order chi connectivity index (χ1) is 9.90. The molecule has 0 bridgehead atoms. The second-order valence-electron chi connectivity index (χ2n) is 4.71. The van der Waals surface area contributed by atoms with Gasteiger partial charge in [0, 0.05) is 0 Å². The molecule has 0 unspecified atom stereocenters. The van der Waals surface area contributed by atoms with E-state index in [1.807, 2.05) is 19.1 Å². The van der Waals surface area contributed by atoms with Gasteiger partial charge < -0.3 is 10.5 Å². The highest BCUT2D eigenvalue weighted by Gasteiger charge is 2.29. The van der Waals surface area contributed by atoms with Gasteiger partial charge in [-0.25, -0.2) is 0 Å². The maximum Gasteiger partial charge on any atom is 0.416 e. The summed E-state index contributed by atoms with van der Waals surface area (Å²) < 4.78 is 42.9. The Bertz CT molecular complexity index is 606. The molecule has 0 spiro atoms. The molecule has 0 atom stereocenters. The summed E-state index contributed by atoms with van der Waals surface area (Å²) in [6.07, 6.45) is -3.44. The number of alkyl halides is 3. The zero-order valence-electron chi connectivity index (χ0n) is 11.6. The first-order valence-electron chi connectivity index (χ1n) is 6.57. The molecule has 0 aliphatic carbocycles. The normalized spacial score (nSPS) is 11.4. The summed E-state index contributed by atoms with van der Waals surface area (Å²) in [5, 5.41) is 0. The van der Waals surface area contributed by atoms with Gasteiger partial charge in [0.25, 0.3) is 0 Å². The third kappa shape index (κ3) is 3.90. The van der Waals surface area contributed by atoms with Crippen molar-refractivity contribution >= 4 is 5.69 Å². The maximum atomic E-state index is 12.4. The van der Waals surface area contributed by atoms with Crippen LogP contribution in [0.3, 0.4) is 0 Å². The zero-order valence-corrected chi connectivity index (χ0v) is 11.6. The number of hydrogen-bond donors (Lipinski definition) is 1. The predicted molar refractivity (Wildman–Crippen MR) is 76.0 cm³/mol. The number of benzene rings is 2. The van der Waals surface area contributed by atoms with E-state index in [9.17, 15) is 13.2 Å². The summed E-state index contributed by atoms with van der Waals surface area (Å²) in [6, 6.07) is 10.4. The summed E-state index contributed by atoms with van der Waals surface area (Å²) in [6.45, 7) is 2.20. The van der Waals surface area contributed by atoms with Gasteiger partial charge >= 0.3 is 6.18 Å². The van der Waals surface area contributed by atoms with E-state index >= 15 is 0 Å². The fourth-order valence-electron chi connectivity index (χ4n) is 1.90. The van der Waals surface area contributed by atoms with Gasteiger partial charge in [-0.3, -0.25) is 0 Å². The Hall–Kier alpha value is -2.17. The van der Waals surface area contributed by atoms with Gasteiger partial charge in [0.2, 0.25) is 0 Å². The van der Waals surface area contributed by atoms with Crippen molar-refractivity contribution < 1.29 is 17.9 Å². The molecule has 2 aromatic rings. The Morgan fingerprint density at radius 2 is 1.62 bits per heavy atom. The third-order valence-electron chi connectivity index (χ3n) is 3.16. The van der Waals surface area contributed by atoms with Crippen LogP contribution in [0.15, 0.2) is 42.5 Å². The topological polar surface area (TPSA) is 35.2 Å². The number of hydrogen-bond acceptors (Lipinski definition) is 2.